The van der Waals surface area contributed by atoms with E-state index in [2.05, 4.69) is 10.6 Å². The Balaban J connectivity index is 1.88. The Hall–Kier alpha value is -1.62. The van der Waals surface area contributed by atoms with Crippen LogP contribution in [-0.4, -0.2) is 17.4 Å². The molecule has 2 rings (SSSR count). The van der Waals surface area contributed by atoms with E-state index in [-0.39, 0.29) is 12.3 Å². The van der Waals surface area contributed by atoms with Crippen LogP contribution < -0.4 is 10.6 Å². The number of halogens is 2. The molecule has 0 saturated heterocycles. The molecule has 108 valence electrons. The zero-order valence-electron chi connectivity index (χ0n) is 10.9. The number of anilines is 1. The normalized spacial score (nSPS) is 10.0. The molecule has 0 amide bonds. The summed E-state index contributed by atoms with van der Waals surface area (Å²) in [4.78, 5) is 12.0. The largest absolute Gasteiger partial charge is 0.355 e. The minimum absolute atomic E-state index is 0.0741. The van der Waals surface area contributed by atoms with Gasteiger partial charge in [0.15, 0.2) is 10.9 Å². The SMILES string of the molecule is O=C(CNC(=S)Nc1ccccc1Cl)c1ccc(Cl)cc1. The first-order valence-electron chi connectivity index (χ1n) is 6.14. The van der Waals surface area contributed by atoms with Gasteiger partial charge in [-0.15, -0.1) is 0 Å². The number of hydrogen-bond donors (Lipinski definition) is 2. The van der Waals surface area contributed by atoms with Crippen LogP contribution in [0.4, 0.5) is 5.69 Å². The fraction of sp³-hybridized carbons (Fsp3) is 0.0667. The van der Waals surface area contributed by atoms with Gasteiger partial charge >= 0.3 is 0 Å². The fourth-order valence-corrected chi connectivity index (χ4v) is 2.12. The molecule has 0 spiro atoms. The third-order valence-corrected chi connectivity index (χ3v) is 3.53. The smallest absolute Gasteiger partial charge is 0.181 e. The maximum absolute atomic E-state index is 12.0. The molecule has 2 aromatic rings. The third kappa shape index (κ3) is 4.70. The summed E-state index contributed by atoms with van der Waals surface area (Å²) in [5, 5.41) is 7.28. The van der Waals surface area contributed by atoms with Crippen molar-refractivity contribution < 1.29 is 4.79 Å². The van der Waals surface area contributed by atoms with E-state index < -0.39 is 0 Å². The standard InChI is InChI=1S/C15H12Cl2N2OS/c16-11-7-5-10(6-8-11)14(20)9-18-15(21)19-13-4-2-1-3-12(13)17/h1-8H,9H2,(H2,18,19,21). The summed E-state index contributed by atoms with van der Waals surface area (Å²) in [6.45, 7) is 0.0952. The molecule has 0 aliphatic heterocycles. The Labute approximate surface area is 138 Å². The third-order valence-electron chi connectivity index (χ3n) is 2.70. The first-order valence-corrected chi connectivity index (χ1v) is 7.31. The molecule has 3 nitrogen and oxygen atoms in total. The second kappa shape index (κ2) is 7.41. The second-order valence-electron chi connectivity index (χ2n) is 4.22. The Kier molecular flexibility index (Phi) is 5.56. The van der Waals surface area contributed by atoms with Gasteiger partial charge in [0, 0.05) is 10.6 Å². The van der Waals surface area contributed by atoms with Gasteiger partial charge < -0.3 is 10.6 Å². The van der Waals surface area contributed by atoms with E-state index in [0.717, 1.165) is 0 Å². The van der Waals surface area contributed by atoms with Crippen LogP contribution in [0.15, 0.2) is 48.5 Å². The first-order chi connectivity index (χ1) is 10.1. The van der Waals surface area contributed by atoms with Gasteiger partial charge in [-0.05, 0) is 48.6 Å². The van der Waals surface area contributed by atoms with E-state index in [1.165, 1.54) is 0 Å². The summed E-state index contributed by atoms with van der Waals surface area (Å²) < 4.78 is 0. The molecular formula is C15H12Cl2N2OS. The van der Waals surface area contributed by atoms with Gasteiger partial charge in [0.25, 0.3) is 0 Å². The number of thiocarbonyl (C=S) groups is 1. The molecule has 2 N–H and O–H groups in total. The van der Waals surface area contributed by atoms with Crippen molar-refractivity contribution in [3.8, 4) is 0 Å². The topological polar surface area (TPSA) is 41.1 Å². The number of hydrogen-bond acceptors (Lipinski definition) is 2. The minimum atomic E-state index is -0.0741. The lowest BCUT2D eigenvalue weighted by Crippen LogP contribution is -2.33. The maximum atomic E-state index is 12.0. The average Bonchev–Trinajstić information content (AvgIpc) is 2.48. The van der Waals surface area contributed by atoms with E-state index in [1.54, 1.807) is 36.4 Å². The number of nitrogens with one attached hydrogen (secondary N) is 2. The van der Waals surface area contributed by atoms with Crippen LogP contribution >= 0.6 is 35.4 Å². The van der Waals surface area contributed by atoms with Gasteiger partial charge in [-0.2, -0.15) is 0 Å². The molecule has 0 unspecified atom stereocenters. The molecule has 6 heteroatoms. The highest BCUT2D eigenvalue weighted by molar-refractivity contribution is 7.80. The van der Waals surface area contributed by atoms with Crippen LogP contribution in [0.3, 0.4) is 0 Å². The minimum Gasteiger partial charge on any atom is -0.355 e. The first kappa shape index (κ1) is 15.8. The van der Waals surface area contributed by atoms with Crippen molar-refractivity contribution in [2.45, 2.75) is 0 Å². The summed E-state index contributed by atoms with van der Waals surface area (Å²) in [6, 6.07) is 13.9. The predicted molar refractivity (Wildman–Crippen MR) is 91.5 cm³/mol. The van der Waals surface area contributed by atoms with Crippen molar-refractivity contribution in [3.63, 3.8) is 0 Å². The number of para-hydroxylation sites is 1. The van der Waals surface area contributed by atoms with Gasteiger partial charge in [-0.25, -0.2) is 0 Å². The van der Waals surface area contributed by atoms with E-state index >= 15 is 0 Å². The molecular weight excluding hydrogens is 327 g/mol. The van der Waals surface area contributed by atoms with Crippen LogP contribution in [0.2, 0.25) is 10.0 Å². The number of carbonyl (C=O) groups excluding carboxylic acids is 1. The Morgan fingerprint density at radius 2 is 1.71 bits per heavy atom. The van der Waals surface area contributed by atoms with Crippen molar-refractivity contribution in [2.24, 2.45) is 0 Å². The second-order valence-corrected chi connectivity index (χ2v) is 5.47. The summed E-state index contributed by atoms with van der Waals surface area (Å²) in [5.74, 6) is -0.0741. The summed E-state index contributed by atoms with van der Waals surface area (Å²) >= 11 is 16.9. The molecule has 0 atom stereocenters. The van der Waals surface area contributed by atoms with Crippen LogP contribution in [0, 0.1) is 0 Å². The number of benzene rings is 2. The van der Waals surface area contributed by atoms with Gasteiger partial charge in [-0.1, -0.05) is 35.3 Å². The van der Waals surface area contributed by atoms with Crippen molar-refractivity contribution in [1.29, 1.82) is 0 Å². The van der Waals surface area contributed by atoms with Crippen molar-refractivity contribution in [3.05, 3.63) is 64.1 Å². The molecule has 0 aromatic heterocycles. The van der Waals surface area contributed by atoms with Crippen LogP contribution in [0.25, 0.3) is 0 Å². The van der Waals surface area contributed by atoms with Crippen LogP contribution in [-0.2, 0) is 0 Å². The summed E-state index contributed by atoms with van der Waals surface area (Å²) in [7, 11) is 0. The van der Waals surface area contributed by atoms with E-state index in [0.29, 0.717) is 26.4 Å². The average molecular weight is 339 g/mol. The maximum Gasteiger partial charge on any atom is 0.181 e. The van der Waals surface area contributed by atoms with Crippen molar-refractivity contribution in [1.82, 2.24) is 5.32 Å². The fourth-order valence-electron chi connectivity index (χ4n) is 1.63. The van der Waals surface area contributed by atoms with Gasteiger partial charge in [-0.3, -0.25) is 4.79 Å². The molecule has 0 fully saturated rings. The molecule has 21 heavy (non-hydrogen) atoms. The lowest BCUT2D eigenvalue weighted by Gasteiger charge is -2.11. The highest BCUT2D eigenvalue weighted by atomic mass is 35.5. The molecule has 0 radical (unpaired) electrons. The lowest BCUT2D eigenvalue weighted by atomic mass is 10.1. The molecule has 0 aliphatic rings. The van der Waals surface area contributed by atoms with E-state index in [9.17, 15) is 4.79 Å². The van der Waals surface area contributed by atoms with E-state index in [1.807, 2.05) is 12.1 Å². The van der Waals surface area contributed by atoms with Crippen molar-refractivity contribution in [2.75, 3.05) is 11.9 Å². The quantitative estimate of drug-likeness (QED) is 0.648. The number of Topliss-reactive ketones (excluding diaryl/α,β-unsaturated/α-hetero) is 1. The summed E-state index contributed by atoms with van der Waals surface area (Å²) in [5.41, 5.74) is 1.27. The zero-order chi connectivity index (χ0) is 15.2. The van der Waals surface area contributed by atoms with Crippen LogP contribution in [0.1, 0.15) is 10.4 Å². The number of rotatable bonds is 4. The molecule has 2 aromatic carbocycles. The Morgan fingerprint density at radius 1 is 1.05 bits per heavy atom. The molecule has 0 heterocycles. The highest BCUT2D eigenvalue weighted by Gasteiger charge is 2.07. The number of ketones is 1. The van der Waals surface area contributed by atoms with E-state index in [4.69, 9.17) is 35.4 Å². The number of carbonyl (C=O) groups is 1. The van der Waals surface area contributed by atoms with Gasteiger partial charge in [0.2, 0.25) is 0 Å². The van der Waals surface area contributed by atoms with Crippen LogP contribution in [0.5, 0.6) is 0 Å². The highest BCUT2D eigenvalue weighted by Crippen LogP contribution is 2.20. The Bertz CT molecular complexity index is 659. The molecule has 0 saturated carbocycles. The zero-order valence-corrected chi connectivity index (χ0v) is 13.2. The summed E-state index contributed by atoms with van der Waals surface area (Å²) in [6.07, 6.45) is 0. The molecule has 0 bridgehead atoms. The van der Waals surface area contributed by atoms with Gasteiger partial charge in [0.05, 0.1) is 17.3 Å². The van der Waals surface area contributed by atoms with Gasteiger partial charge in [0.1, 0.15) is 0 Å². The van der Waals surface area contributed by atoms with Crippen molar-refractivity contribution >= 4 is 52.0 Å². The Morgan fingerprint density at radius 3 is 2.38 bits per heavy atom. The lowest BCUT2D eigenvalue weighted by molar-refractivity contribution is 0.0996. The monoisotopic (exact) mass is 338 g/mol. The predicted octanol–water partition coefficient (Wildman–Crippen LogP) is 4.16. The molecule has 0 aliphatic carbocycles.